The van der Waals surface area contributed by atoms with E-state index in [0.717, 1.165) is 18.0 Å². The first-order valence-electron chi connectivity index (χ1n) is 8.23. The second-order valence-corrected chi connectivity index (χ2v) is 6.79. The molecule has 1 saturated heterocycles. The molecule has 0 bridgehead atoms. The molecule has 0 atom stereocenters. The third kappa shape index (κ3) is 4.43. The molecule has 1 aliphatic rings. The fraction of sp³-hybridized carbons (Fsp3) is 0.333. The summed E-state index contributed by atoms with van der Waals surface area (Å²) in [6, 6.07) is 9.67. The first-order chi connectivity index (χ1) is 12.1. The molecule has 0 radical (unpaired) electrons. The predicted molar refractivity (Wildman–Crippen MR) is 95.4 cm³/mol. The van der Waals surface area contributed by atoms with Gasteiger partial charge in [-0.3, -0.25) is 14.5 Å². The van der Waals surface area contributed by atoms with Crippen LogP contribution in [0.4, 0.5) is 4.39 Å². The van der Waals surface area contributed by atoms with E-state index < -0.39 is 11.7 Å². The van der Waals surface area contributed by atoms with Gasteiger partial charge in [-0.05, 0) is 23.6 Å². The molecule has 1 aromatic carbocycles. The van der Waals surface area contributed by atoms with Crippen LogP contribution in [0.1, 0.15) is 20.0 Å². The van der Waals surface area contributed by atoms with Crippen molar-refractivity contribution in [2.75, 3.05) is 39.3 Å². The lowest BCUT2D eigenvalue weighted by Crippen LogP contribution is -2.50. The van der Waals surface area contributed by atoms with Gasteiger partial charge in [-0.25, -0.2) is 4.39 Å². The molecule has 2 amide bonds. The van der Waals surface area contributed by atoms with Gasteiger partial charge in [0.2, 0.25) is 0 Å². The molecule has 25 heavy (non-hydrogen) atoms. The highest BCUT2D eigenvalue weighted by Gasteiger charge is 2.22. The summed E-state index contributed by atoms with van der Waals surface area (Å²) in [7, 11) is 0. The van der Waals surface area contributed by atoms with Crippen molar-refractivity contribution in [2.24, 2.45) is 0 Å². The van der Waals surface area contributed by atoms with E-state index in [1.165, 1.54) is 23.5 Å². The van der Waals surface area contributed by atoms with Crippen molar-refractivity contribution in [1.29, 1.82) is 0 Å². The van der Waals surface area contributed by atoms with Crippen LogP contribution in [0.2, 0.25) is 0 Å². The molecule has 132 valence electrons. The number of carbonyl (C=O) groups is 2. The smallest absolute Gasteiger partial charge is 0.264 e. The fourth-order valence-corrected chi connectivity index (χ4v) is 3.49. The number of hydrogen-bond acceptors (Lipinski definition) is 4. The molecule has 0 spiro atoms. The van der Waals surface area contributed by atoms with Gasteiger partial charge in [-0.15, -0.1) is 11.3 Å². The second-order valence-electron chi connectivity index (χ2n) is 5.85. The monoisotopic (exact) mass is 361 g/mol. The van der Waals surface area contributed by atoms with Crippen LogP contribution in [0.3, 0.4) is 0 Å². The Hall–Kier alpha value is -2.25. The van der Waals surface area contributed by atoms with Crippen LogP contribution in [0.15, 0.2) is 41.8 Å². The predicted octanol–water partition coefficient (Wildman–Crippen LogP) is 2.08. The minimum atomic E-state index is -0.513. The van der Waals surface area contributed by atoms with E-state index in [4.69, 9.17) is 0 Å². The summed E-state index contributed by atoms with van der Waals surface area (Å²) in [5, 5.41) is 4.65. The van der Waals surface area contributed by atoms with Crippen LogP contribution in [-0.2, 0) is 0 Å². The molecule has 5 nitrogen and oxygen atoms in total. The maximum atomic E-state index is 13.5. The molecule has 1 aliphatic heterocycles. The Bertz CT molecular complexity index is 728. The minimum absolute atomic E-state index is 0.0638. The van der Waals surface area contributed by atoms with Gasteiger partial charge in [-0.1, -0.05) is 18.2 Å². The molecule has 2 heterocycles. The molecule has 0 saturated carbocycles. The number of carbonyl (C=O) groups excluding carboxylic acids is 2. The number of thiophene rings is 1. The van der Waals surface area contributed by atoms with Crippen molar-refractivity contribution in [1.82, 2.24) is 15.1 Å². The summed E-state index contributed by atoms with van der Waals surface area (Å²) in [4.78, 5) is 29.1. The Balaban J connectivity index is 1.40. The fourth-order valence-electron chi connectivity index (χ4n) is 2.80. The van der Waals surface area contributed by atoms with Gasteiger partial charge in [0.15, 0.2) is 0 Å². The van der Waals surface area contributed by atoms with Gasteiger partial charge in [0.1, 0.15) is 5.82 Å². The first-order valence-corrected chi connectivity index (χ1v) is 9.11. The normalized spacial score (nSPS) is 15.2. The van der Waals surface area contributed by atoms with Gasteiger partial charge >= 0.3 is 0 Å². The Morgan fingerprint density at radius 2 is 1.84 bits per heavy atom. The molecule has 1 aromatic heterocycles. The standard InChI is InChI=1S/C18H20FN3O2S/c19-15-5-2-1-4-14(15)17(23)20-7-8-21-9-11-22(12-10-21)18(24)16-6-3-13-25-16/h1-6,13H,7-12H2,(H,20,23). The van der Waals surface area contributed by atoms with Crippen molar-refractivity contribution in [3.63, 3.8) is 0 Å². The van der Waals surface area contributed by atoms with Crippen molar-refractivity contribution in [3.8, 4) is 0 Å². The van der Waals surface area contributed by atoms with Crippen molar-refractivity contribution < 1.29 is 14.0 Å². The van der Waals surface area contributed by atoms with Gasteiger partial charge in [0, 0.05) is 39.3 Å². The lowest BCUT2D eigenvalue weighted by Gasteiger charge is -2.34. The molecule has 0 unspecified atom stereocenters. The first kappa shape index (κ1) is 17.6. The highest BCUT2D eigenvalue weighted by Crippen LogP contribution is 2.13. The Morgan fingerprint density at radius 3 is 2.52 bits per heavy atom. The van der Waals surface area contributed by atoms with E-state index in [1.807, 2.05) is 22.4 Å². The molecule has 1 N–H and O–H groups in total. The van der Waals surface area contributed by atoms with E-state index in [-0.39, 0.29) is 11.5 Å². The number of rotatable bonds is 5. The van der Waals surface area contributed by atoms with Crippen LogP contribution < -0.4 is 5.32 Å². The van der Waals surface area contributed by atoms with Crippen LogP contribution in [0.5, 0.6) is 0 Å². The van der Waals surface area contributed by atoms with Crippen LogP contribution in [0, 0.1) is 5.82 Å². The Kier molecular flexibility index (Phi) is 5.78. The summed E-state index contributed by atoms with van der Waals surface area (Å²) in [6.45, 7) is 4.03. The average Bonchev–Trinajstić information content (AvgIpc) is 3.16. The van der Waals surface area contributed by atoms with Crippen molar-refractivity contribution in [3.05, 3.63) is 58.0 Å². The van der Waals surface area contributed by atoms with E-state index in [2.05, 4.69) is 10.2 Å². The number of amides is 2. The second kappa shape index (κ2) is 8.22. The highest BCUT2D eigenvalue weighted by molar-refractivity contribution is 7.12. The summed E-state index contributed by atoms with van der Waals surface area (Å²) in [5.41, 5.74) is 0.0638. The molecule has 0 aliphatic carbocycles. The third-order valence-electron chi connectivity index (χ3n) is 4.22. The highest BCUT2D eigenvalue weighted by atomic mass is 32.1. The maximum absolute atomic E-state index is 13.5. The summed E-state index contributed by atoms with van der Waals surface area (Å²) in [5.74, 6) is -0.826. The molecule has 2 aromatic rings. The summed E-state index contributed by atoms with van der Waals surface area (Å²) in [6.07, 6.45) is 0. The quantitative estimate of drug-likeness (QED) is 0.887. The largest absolute Gasteiger partial charge is 0.351 e. The number of hydrogen-bond donors (Lipinski definition) is 1. The van der Waals surface area contributed by atoms with Crippen LogP contribution >= 0.6 is 11.3 Å². The number of halogens is 1. The summed E-state index contributed by atoms with van der Waals surface area (Å²) < 4.78 is 13.5. The minimum Gasteiger partial charge on any atom is -0.351 e. The zero-order valence-electron chi connectivity index (χ0n) is 13.8. The van der Waals surface area contributed by atoms with Gasteiger partial charge in [0.05, 0.1) is 10.4 Å². The lowest BCUT2D eigenvalue weighted by atomic mass is 10.2. The number of benzene rings is 1. The topological polar surface area (TPSA) is 52.7 Å². The number of nitrogens with one attached hydrogen (secondary N) is 1. The van der Waals surface area contributed by atoms with Gasteiger partial charge < -0.3 is 10.2 Å². The Labute approximate surface area is 150 Å². The molecule has 7 heteroatoms. The number of nitrogens with zero attached hydrogens (tertiary/aromatic N) is 2. The molecular formula is C18H20FN3O2S. The average molecular weight is 361 g/mol. The van der Waals surface area contributed by atoms with Crippen molar-refractivity contribution >= 4 is 23.2 Å². The molecule has 1 fully saturated rings. The number of piperazine rings is 1. The van der Waals surface area contributed by atoms with Gasteiger partial charge in [0.25, 0.3) is 11.8 Å². The SMILES string of the molecule is O=C(NCCN1CCN(C(=O)c2cccs2)CC1)c1ccccc1F. The Morgan fingerprint density at radius 1 is 1.08 bits per heavy atom. The zero-order valence-corrected chi connectivity index (χ0v) is 14.6. The van der Waals surface area contributed by atoms with Gasteiger partial charge in [-0.2, -0.15) is 0 Å². The van der Waals surface area contributed by atoms with E-state index >= 15 is 0 Å². The van der Waals surface area contributed by atoms with E-state index in [0.29, 0.717) is 26.2 Å². The molecule has 3 rings (SSSR count). The van der Waals surface area contributed by atoms with Crippen LogP contribution in [0.25, 0.3) is 0 Å². The van der Waals surface area contributed by atoms with E-state index in [1.54, 1.807) is 12.1 Å². The zero-order chi connectivity index (χ0) is 17.6. The lowest BCUT2D eigenvalue weighted by molar-refractivity contribution is 0.0643. The van der Waals surface area contributed by atoms with Crippen LogP contribution in [-0.4, -0.2) is 60.9 Å². The molecular weight excluding hydrogens is 341 g/mol. The maximum Gasteiger partial charge on any atom is 0.264 e. The third-order valence-corrected chi connectivity index (χ3v) is 5.08. The van der Waals surface area contributed by atoms with E-state index in [9.17, 15) is 14.0 Å². The van der Waals surface area contributed by atoms with Crippen molar-refractivity contribution in [2.45, 2.75) is 0 Å². The summed E-state index contributed by atoms with van der Waals surface area (Å²) >= 11 is 1.46.